The van der Waals surface area contributed by atoms with E-state index < -0.39 is 11.6 Å². The normalized spacial score (nSPS) is 26.1. The molecule has 3 aliphatic rings. The highest BCUT2D eigenvalue weighted by Crippen LogP contribution is 2.37. The Morgan fingerprint density at radius 1 is 1.09 bits per heavy atom. The number of amides is 4. The molecule has 0 aromatic heterocycles. The van der Waals surface area contributed by atoms with Crippen molar-refractivity contribution in [2.75, 3.05) is 46.4 Å². The lowest BCUT2D eigenvalue weighted by Crippen LogP contribution is -2.53. The highest BCUT2D eigenvalue weighted by molar-refractivity contribution is 6.09. The van der Waals surface area contributed by atoms with E-state index in [9.17, 15) is 14.4 Å². The fourth-order valence-corrected chi connectivity index (χ4v) is 5.27. The molecule has 0 unspecified atom stereocenters. The fourth-order valence-electron chi connectivity index (χ4n) is 5.27. The number of hydrogen-bond acceptors (Lipinski definition) is 5. The molecule has 33 heavy (non-hydrogen) atoms. The minimum absolute atomic E-state index is 0.146. The maximum Gasteiger partial charge on any atom is 0.325 e. The van der Waals surface area contributed by atoms with Crippen LogP contribution in [0.1, 0.15) is 44.6 Å². The summed E-state index contributed by atoms with van der Waals surface area (Å²) in [5, 5.41) is 2.92. The molecular formula is C25H36N4O4. The van der Waals surface area contributed by atoms with Crippen molar-refractivity contribution in [2.45, 2.75) is 51.0 Å². The minimum atomic E-state index is -0.789. The summed E-state index contributed by atoms with van der Waals surface area (Å²) >= 11 is 0. The van der Waals surface area contributed by atoms with Crippen molar-refractivity contribution in [1.82, 2.24) is 20.0 Å². The molecule has 1 N–H and O–H groups in total. The predicted molar refractivity (Wildman–Crippen MR) is 125 cm³/mol. The summed E-state index contributed by atoms with van der Waals surface area (Å²) in [6.45, 7) is 5.78. The number of rotatable bonds is 7. The van der Waals surface area contributed by atoms with Gasteiger partial charge >= 0.3 is 6.03 Å². The molecule has 8 nitrogen and oxygen atoms in total. The van der Waals surface area contributed by atoms with Gasteiger partial charge in [-0.25, -0.2) is 4.79 Å². The van der Waals surface area contributed by atoms with Crippen LogP contribution in [0.5, 0.6) is 5.75 Å². The molecule has 1 aromatic rings. The maximum absolute atomic E-state index is 13.1. The van der Waals surface area contributed by atoms with Crippen LogP contribution in [0.3, 0.4) is 0 Å². The SMILES string of the molecule is CCC1CCC2(CC1)NC(=O)N(CC(=O)N1CCN(CCc3ccc(OC)cc3)CC1)C2=O. The zero-order chi connectivity index (χ0) is 23.4. The van der Waals surface area contributed by atoms with Gasteiger partial charge in [-0.2, -0.15) is 0 Å². The third kappa shape index (κ3) is 5.16. The van der Waals surface area contributed by atoms with Crippen LogP contribution in [0.15, 0.2) is 24.3 Å². The van der Waals surface area contributed by atoms with Gasteiger partial charge in [0.25, 0.3) is 5.91 Å². The smallest absolute Gasteiger partial charge is 0.325 e. The van der Waals surface area contributed by atoms with E-state index in [1.54, 1.807) is 12.0 Å². The second kappa shape index (κ2) is 10.1. The Hall–Kier alpha value is -2.61. The van der Waals surface area contributed by atoms with Crippen LogP contribution in [0.25, 0.3) is 0 Å². The van der Waals surface area contributed by atoms with Crippen LogP contribution in [-0.2, 0) is 16.0 Å². The van der Waals surface area contributed by atoms with Gasteiger partial charge in [0.05, 0.1) is 7.11 Å². The number of carbonyl (C=O) groups excluding carboxylic acids is 3. The predicted octanol–water partition coefficient (Wildman–Crippen LogP) is 2.27. The van der Waals surface area contributed by atoms with Crippen LogP contribution in [0, 0.1) is 5.92 Å². The van der Waals surface area contributed by atoms with E-state index in [-0.39, 0.29) is 18.4 Å². The average Bonchev–Trinajstić information content (AvgIpc) is 3.07. The Balaban J connectivity index is 1.23. The number of imide groups is 1. The number of methoxy groups -OCH3 is 1. The van der Waals surface area contributed by atoms with Crippen LogP contribution in [-0.4, -0.2) is 84.5 Å². The molecule has 1 spiro atoms. The summed E-state index contributed by atoms with van der Waals surface area (Å²) in [5.74, 6) is 1.12. The number of benzene rings is 1. The molecular weight excluding hydrogens is 420 g/mol. The summed E-state index contributed by atoms with van der Waals surface area (Å²) in [7, 11) is 1.66. The van der Waals surface area contributed by atoms with E-state index >= 15 is 0 Å². The Kier molecular flexibility index (Phi) is 7.22. The number of ether oxygens (including phenoxy) is 1. The third-order valence-corrected chi connectivity index (χ3v) is 7.68. The molecule has 0 atom stereocenters. The number of urea groups is 1. The number of piperazine rings is 1. The summed E-state index contributed by atoms with van der Waals surface area (Å²) in [6, 6.07) is 7.69. The molecule has 1 saturated carbocycles. The van der Waals surface area contributed by atoms with E-state index in [0.717, 1.165) is 56.0 Å². The molecule has 8 heteroatoms. The van der Waals surface area contributed by atoms with Gasteiger partial charge in [0, 0.05) is 32.7 Å². The number of hydrogen-bond donors (Lipinski definition) is 1. The second-order valence-corrected chi connectivity index (χ2v) is 9.58. The van der Waals surface area contributed by atoms with Gasteiger partial charge in [0.2, 0.25) is 5.91 Å². The summed E-state index contributed by atoms with van der Waals surface area (Å²) in [4.78, 5) is 43.8. The monoisotopic (exact) mass is 456 g/mol. The van der Waals surface area contributed by atoms with Gasteiger partial charge in [-0.3, -0.25) is 19.4 Å². The molecule has 2 heterocycles. The Bertz CT molecular complexity index is 856. The molecule has 2 aliphatic heterocycles. The quantitative estimate of drug-likeness (QED) is 0.637. The van der Waals surface area contributed by atoms with Crippen molar-refractivity contribution in [1.29, 1.82) is 0 Å². The van der Waals surface area contributed by atoms with E-state index in [2.05, 4.69) is 29.3 Å². The summed E-state index contributed by atoms with van der Waals surface area (Å²) in [5.41, 5.74) is 0.471. The van der Waals surface area contributed by atoms with Crippen LogP contribution in [0.2, 0.25) is 0 Å². The average molecular weight is 457 g/mol. The molecule has 1 aromatic carbocycles. The zero-order valence-corrected chi connectivity index (χ0v) is 19.8. The van der Waals surface area contributed by atoms with Crippen molar-refractivity contribution in [2.24, 2.45) is 5.92 Å². The number of nitrogens with one attached hydrogen (secondary N) is 1. The molecule has 2 saturated heterocycles. The van der Waals surface area contributed by atoms with Gasteiger partial charge in [-0.15, -0.1) is 0 Å². The molecule has 1 aliphatic carbocycles. The molecule has 0 radical (unpaired) electrons. The number of nitrogens with zero attached hydrogens (tertiary/aromatic N) is 3. The summed E-state index contributed by atoms with van der Waals surface area (Å²) in [6.07, 6.45) is 5.29. The van der Waals surface area contributed by atoms with Gasteiger partial charge in [-0.1, -0.05) is 25.5 Å². The van der Waals surface area contributed by atoms with Gasteiger partial charge in [0.15, 0.2) is 0 Å². The van der Waals surface area contributed by atoms with Crippen molar-refractivity contribution >= 4 is 17.8 Å². The van der Waals surface area contributed by atoms with Gasteiger partial charge < -0.3 is 15.0 Å². The minimum Gasteiger partial charge on any atom is -0.497 e. The largest absolute Gasteiger partial charge is 0.497 e. The lowest BCUT2D eigenvalue weighted by atomic mass is 9.75. The second-order valence-electron chi connectivity index (χ2n) is 9.58. The lowest BCUT2D eigenvalue weighted by Gasteiger charge is -2.36. The first-order chi connectivity index (χ1) is 15.9. The van der Waals surface area contributed by atoms with Crippen molar-refractivity contribution in [3.8, 4) is 5.75 Å². The van der Waals surface area contributed by atoms with Crippen molar-refractivity contribution in [3.05, 3.63) is 29.8 Å². The first kappa shape index (κ1) is 23.5. The molecule has 180 valence electrons. The van der Waals surface area contributed by atoms with Gasteiger partial charge in [-0.05, 0) is 55.7 Å². The standard InChI is InChI=1S/C25H36N4O4/c1-3-19-8-11-25(12-9-19)23(31)29(24(32)26-25)18-22(30)28-16-14-27(15-17-28)13-10-20-4-6-21(33-2)7-5-20/h4-7,19H,3,8-18H2,1-2H3,(H,26,32). The maximum atomic E-state index is 13.1. The van der Waals surface area contributed by atoms with Crippen LogP contribution in [0.4, 0.5) is 4.79 Å². The van der Waals surface area contributed by atoms with Gasteiger partial charge in [0.1, 0.15) is 17.8 Å². The van der Waals surface area contributed by atoms with Crippen LogP contribution >= 0.6 is 0 Å². The van der Waals surface area contributed by atoms with Crippen LogP contribution < -0.4 is 10.1 Å². The molecule has 0 bridgehead atoms. The van der Waals surface area contributed by atoms with E-state index in [1.165, 1.54) is 5.56 Å². The molecule has 4 rings (SSSR count). The Morgan fingerprint density at radius 3 is 2.36 bits per heavy atom. The third-order valence-electron chi connectivity index (χ3n) is 7.68. The lowest BCUT2D eigenvalue weighted by molar-refractivity contribution is -0.140. The Morgan fingerprint density at radius 2 is 1.76 bits per heavy atom. The van der Waals surface area contributed by atoms with Crippen molar-refractivity contribution < 1.29 is 19.1 Å². The van der Waals surface area contributed by atoms with E-state index in [4.69, 9.17) is 4.74 Å². The van der Waals surface area contributed by atoms with E-state index in [1.807, 2.05) is 12.1 Å². The highest BCUT2D eigenvalue weighted by Gasteiger charge is 2.52. The summed E-state index contributed by atoms with van der Waals surface area (Å²) < 4.78 is 5.20. The first-order valence-electron chi connectivity index (χ1n) is 12.2. The highest BCUT2D eigenvalue weighted by atomic mass is 16.5. The zero-order valence-electron chi connectivity index (χ0n) is 19.8. The molecule has 4 amide bonds. The Labute approximate surface area is 196 Å². The van der Waals surface area contributed by atoms with E-state index in [0.29, 0.717) is 31.8 Å². The first-order valence-corrected chi connectivity index (χ1v) is 12.2. The fraction of sp³-hybridized carbons (Fsp3) is 0.640. The topological polar surface area (TPSA) is 82.2 Å². The van der Waals surface area contributed by atoms with Crippen molar-refractivity contribution in [3.63, 3.8) is 0 Å². The number of carbonyl (C=O) groups is 3. The molecule has 3 fully saturated rings.